The molecule has 1 atom stereocenters. The molecular weight excluding hydrogens is 318 g/mol. The number of hydrogen-bond acceptors (Lipinski definition) is 2. The molecule has 0 bridgehead atoms. The second kappa shape index (κ2) is 11.6. The summed E-state index contributed by atoms with van der Waals surface area (Å²) in [5.74, 6) is 3.48. The average Bonchev–Trinajstić information content (AvgIpc) is 2.64. The number of hydrogen-bond donors (Lipinski definition) is 0. The van der Waals surface area contributed by atoms with Crippen molar-refractivity contribution in [3.05, 3.63) is 29.8 Å². The van der Waals surface area contributed by atoms with Crippen LogP contribution in [0, 0.1) is 17.8 Å². The lowest BCUT2D eigenvalue weighted by Gasteiger charge is -2.32. The molecule has 0 amide bonds. The van der Waals surface area contributed by atoms with Crippen molar-refractivity contribution in [2.24, 2.45) is 17.8 Å². The Morgan fingerprint density at radius 2 is 1.77 bits per heavy atom. The van der Waals surface area contributed by atoms with E-state index in [0.29, 0.717) is 0 Å². The molecule has 2 heteroatoms. The topological polar surface area (TPSA) is 12.5 Å². The molecular formula is C24H41NO. The van der Waals surface area contributed by atoms with E-state index in [0.717, 1.165) is 30.1 Å². The zero-order valence-electron chi connectivity index (χ0n) is 17.7. The highest BCUT2D eigenvalue weighted by Crippen LogP contribution is 2.22. The third-order valence-electron chi connectivity index (χ3n) is 5.96. The van der Waals surface area contributed by atoms with Crippen LogP contribution in [0.4, 0.5) is 0 Å². The summed E-state index contributed by atoms with van der Waals surface area (Å²) in [4.78, 5) is 2.66. The maximum Gasteiger partial charge on any atom is 0.119 e. The minimum absolute atomic E-state index is 0.762. The lowest BCUT2D eigenvalue weighted by molar-refractivity contribution is 0.160. The second-order valence-electron chi connectivity index (χ2n) is 8.82. The van der Waals surface area contributed by atoms with Crippen LogP contribution < -0.4 is 4.74 Å². The fourth-order valence-electron chi connectivity index (χ4n) is 3.83. The Morgan fingerprint density at radius 3 is 2.38 bits per heavy atom. The van der Waals surface area contributed by atoms with Crippen LogP contribution in [0.3, 0.4) is 0 Å². The fourth-order valence-corrected chi connectivity index (χ4v) is 3.83. The molecule has 0 radical (unpaired) electrons. The molecule has 1 aliphatic rings. The van der Waals surface area contributed by atoms with Gasteiger partial charge in [-0.05, 0) is 93.6 Å². The highest BCUT2D eigenvalue weighted by Gasteiger charge is 2.18. The minimum atomic E-state index is 0.762. The van der Waals surface area contributed by atoms with Crippen molar-refractivity contribution in [1.82, 2.24) is 4.90 Å². The Balaban J connectivity index is 1.59. The smallest absolute Gasteiger partial charge is 0.119 e. The van der Waals surface area contributed by atoms with Gasteiger partial charge in [0.2, 0.25) is 0 Å². The van der Waals surface area contributed by atoms with Gasteiger partial charge in [-0.1, -0.05) is 46.2 Å². The molecule has 2 nitrogen and oxygen atoms in total. The van der Waals surface area contributed by atoms with E-state index in [4.69, 9.17) is 4.74 Å². The Labute approximate surface area is 162 Å². The zero-order valence-corrected chi connectivity index (χ0v) is 17.7. The summed E-state index contributed by atoms with van der Waals surface area (Å²) in [5.41, 5.74) is 1.43. The molecule has 1 fully saturated rings. The van der Waals surface area contributed by atoms with Crippen LogP contribution in [-0.4, -0.2) is 31.1 Å². The van der Waals surface area contributed by atoms with Gasteiger partial charge in [0.25, 0.3) is 0 Å². The third kappa shape index (κ3) is 8.12. The number of rotatable bonds is 11. The van der Waals surface area contributed by atoms with Crippen LogP contribution in [-0.2, 0) is 6.42 Å². The number of piperidine rings is 1. The van der Waals surface area contributed by atoms with Crippen LogP contribution in [0.25, 0.3) is 0 Å². The van der Waals surface area contributed by atoms with Crippen molar-refractivity contribution in [3.8, 4) is 5.75 Å². The van der Waals surface area contributed by atoms with Gasteiger partial charge in [0.05, 0.1) is 6.61 Å². The molecule has 1 aliphatic heterocycles. The summed E-state index contributed by atoms with van der Waals surface area (Å²) in [6, 6.07) is 8.76. The van der Waals surface area contributed by atoms with E-state index in [1.165, 1.54) is 70.1 Å². The molecule has 0 aliphatic carbocycles. The van der Waals surface area contributed by atoms with Gasteiger partial charge in [0, 0.05) is 0 Å². The van der Waals surface area contributed by atoms with Gasteiger partial charge < -0.3 is 9.64 Å². The lowest BCUT2D eigenvalue weighted by Crippen LogP contribution is -2.34. The van der Waals surface area contributed by atoms with Gasteiger partial charge in [-0.2, -0.15) is 0 Å². The highest BCUT2D eigenvalue weighted by molar-refractivity contribution is 5.27. The first-order valence-corrected chi connectivity index (χ1v) is 11.0. The summed E-state index contributed by atoms with van der Waals surface area (Å²) in [6.45, 7) is 14.0. The summed E-state index contributed by atoms with van der Waals surface area (Å²) in [5, 5.41) is 0. The van der Waals surface area contributed by atoms with Crippen LogP contribution in [0.2, 0.25) is 0 Å². The van der Waals surface area contributed by atoms with E-state index in [1.807, 2.05) is 0 Å². The van der Waals surface area contributed by atoms with Crippen LogP contribution in [0.5, 0.6) is 5.75 Å². The number of benzene rings is 1. The molecule has 0 aromatic heterocycles. The molecule has 1 unspecified atom stereocenters. The first-order valence-electron chi connectivity index (χ1n) is 11.0. The largest absolute Gasteiger partial charge is 0.494 e. The summed E-state index contributed by atoms with van der Waals surface area (Å²) in [6.07, 6.45) is 9.04. The molecule has 148 valence electrons. The van der Waals surface area contributed by atoms with Gasteiger partial charge in [-0.25, -0.2) is 0 Å². The maximum atomic E-state index is 6.00. The molecule has 1 saturated heterocycles. The average molecular weight is 360 g/mol. The minimum Gasteiger partial charge on any atom is -0.494 e. The second-order valence-corrected chi connectivity index (χ2v) is 8.82. The van der Waals surface area contributed by atoms with Gasteiger partial charge >= 0.3 is 0 Å². The first kappa shape index (κ1) is 21.3. The molecule has 1 aromatic rings. The van der Waals surface area contributed by atoms with Gasteiger partial charge in [-0.3, -0.25) is 0 Å². The van der Waals surface area contributed by atoms with Crippen molar-refractivity contribution >= 4 is 0 Å². The van der Waals surface area contributed by atoms with E-state index in [9.17, 15) is 0 Å². The van der Waals surface area contributed by atoms with Crippen molar-refractivity contribution in [2.45, 2.75) is 72.6 Å². The summed E-state index contributed by atoms with van der Waals surface area (Å²) in [7, 11) is 0. The lowest BCUT2D eigenvalue weighted by atomic mass is 9.93. The van der Waals surface area contributed by atoms with Crippen molar-refractivity contribution in [2.75, 3.05) is 26.2 Å². The molecule has 26 heavy (non-hydrogen) atoms. The Morgan fingerprint density at radius 1 is 1.08 bits per heavy atom. The van der Waals surface area contributed by atoms with Gasteiger partial charge in [-0.15, -0.1) is 0 Å². The van der Waals surface area contributed by atoms with E-state index in [1.54, 1.807) is 0 Å². The van der Waals surface area contributed by atoms with E-state index >= 15 is 0 Å². The third-order valence-corrected chi connectivity index (χ3v) is 5.96. The number of likely N-dealkylation sites (tertiary alicyclic amines) is 1. The van der Waals surface area contributed by atoms with E-state index in [-0.39, 0.29) is 0 Å². The monoisotopic (exact) mass is 359 g/mol. The number of nitrogens with zero attached hydrogens (tertiary/aromatic N) is 1. The van der Waals surface area contributed by atoms with Crippen LogP contribution in [0.15, 0.2) is 24.3 Å². The predicted octanol–water partition coefficient (Wildman–Crippen LogP) is 6.19. The standard InChI is InChI=1S/C24H41NO/c1-5-21(4)19-23-8-10-24(11-9-23)26-18-14-22-12-16-25(17-13-22)15-6-7-20(2)3/h8-11,20-22H,5-7,12-19H2,1-4H3. The maximum absolute atomic E-state index is 6.00. The molecule has 0 saturated carbocycles. The molecule has 1 aromatic carbocycles. The van der Waals surface area contributed by atoms with Crippen molar-refractivity contribution in [3.63, 3.8) is 0 Å². The first-order chi connectivity index (χ1) is 12.6. The molecule has 1 heterocycles. The van der Waals surface area contributed by atoms with E-state index in [2.05, 4.69) is 56.9 Å². The molecule has 0 spiro atoms. The van der Waals surface area contributed by atoms with Gasteiger partial charge in [0.15, 0.2) is 0 Å². The highest BCUT2D eigenvalue weighted by atomic mass is 16.5. The predicted molar refractivity (Wildman–Crippen MR) is 113 cm³/mol. The summed E-state index contributed by atoms with van der Waals surface area (Å²) < 4.78 is 6.00. The number of ether oxygens (including phenoxy) is 1. The van der Waals surface area contributed by atoms with E-state index < -0.39 is 0 Å². The van der Waals surface area contributed by atoms with Gasteiger partial charge in [0.1, 0.15) is 5.75 Å². The molecule has 2 rings (SSSR count). The zero-order chi connectivity index (χ0) is 18.8. The molecule has 0 N–H and O–H groups in total. The summed E-state index contributed by atoms with van der Waals surface area (Å²) >= 11 is 0. The van der Waals surface area contributed by atoms with Crippen LogP contribution in [0.1, 0.15) is 71.8 Å². The Kier molecular flexibility index (Phi) is 9.53. The van der Waals surface area contributed by atoms with Crippen LogP contribution >= 0.6 is 0 Å². The fraction of sp³-hybridized carbons (Fsp3) is 0.750. The van der Waals surface area contributed by atoms with Crippen molar-refractivity contribution in [1.29, 1.82) is 0 Å². The Bertz CT molecular complexity index is 473. The Hall–Kier alpha value is -1.02. The SMILES string of the molecule is CCC(C)Cc1ccc(OCCC2CCN(CCCC(C)C)CC2)cc1. The van der Waals surface area contributed by atoms with Crippen molar-refractivity contribution < 1.29 is 4.74 Å². The normalized spacial score (nSPS) is 17.6. The quantitative estimate of drug-likeness (QED) is 0.467.